The van der Waals surface area contributed by atoms with Gasteiger partial charge in [0.15, 0.2) is 0 Å². The molecular formula is C8H12F2N2. The Bertz CT molecular complexity index is 186. The molecule has 1 rings (SSSR count). The van der Waals surface area contributed by atoms with Gasteiger partial charge in [-0.15, -0.1) is 0 Å². The van der Waals surface area contributed by atoms with Crippen molar-refractivity contribution in [3.8, 4) is 6.07 Å². The maximum absolute atomic E-state index is 12.6. The lowest BCUT2D eigenvalue weighted by Gasteiger charge is -2.10. The Balaban J connectivity index is 2.16. The predicted molar refractivity (Wildman–Crippen MR) is 40.8 cm³/mol. The molecule has 2 nitrogen and oxygen atoms in total. The summed E-state index contributed by atoms with van der Waals surface area (Å²) in [5.41, 5.74) is 0. The first kappa shape index (κ1) is 9.40. The average molecular weight is 174 g/mol. The zero-order chi connectivity index (χ0) is 9.03. The van der Waals surface area contributed by atoms with E-state index >= 15 is 0 Å². The number of halogens is 2. The zero-order valence-electron chi connectivity index (χ0n) is 6.82. The van der Waals surface area contributed by atoms with Crippen molar-refractivity contribution < 1.29 is 8.78 Å². The van der Waals surface area contributed by atoms with Crippen LogP contribution in [0, 0.1) is 11.3 Å². The highest BCUT2D eigenvalue weighted by Gasteiger charge is 2.38. The van der Waals surface area contributed by atoms with Crippen LogP contribution in [0.1, 0.15) is 25.7 Å². The lowest BCUT2D eigenvalue weighted by atomic mass is 10.2. The molecule has 0 aliphatic heterocycles. The molecule has 68 valence electrons. The fourth-order valence-electron chi connectivity index (χ4n) is 1.46. The molecule has 0 saturated heterocycles. The van der Waals surface area contributed by atoms with E-state index < -0.39 is 5.92 Å². The smallest absolute Gasteiger partial charge is 0.249 e. The summed E-state index contributed by atoms with van der Waals surface area (Å²) in [5, 5.41) is 11.1. The van der Waals surface area contributed by atoms with Gasteiger partial charge in [-0.2, -0.15) is 5.26 Å². The van der Waals surface area contributed by atoms with Gasteiger partial charge in [0.1, 0.15) is 0 Å². The third-order valence-corrected chi connectivity index (χ3v) is 2.07. The quantitative estimate of drug-likeness (QED) is 0.661. The van der Waals surface area contributed by atoms with E-state index in [1.54, 1.807) is 0 Å². The Hall–Kier alpha value is -0.690. The maximum atomic E-state index is 12.6. The largest absolute Gasteiger partial charge is 0.313 e. The minimum absolute atomic E-state index is 0.0166. The molecule has 1 aliphatic carbocycles. The van der Waals surface area contributed by atoms with Gasteiger partial charge in [0.05, 0.1) is 6.07 Å². The first-order chi connectivity index (χ1) is 5.64. The van der Waals surface area contributed by atoms with Crippen LogP contribution in [0.2, 0.25) is 0 Å². The number of hydrogen-bond acceptors (Lipinski definition) is 2. The summed E-state index contributed by atoms with van der Waals surface area (Å²) in [5.74, 6) is -2.48. The Kier molecular flexibility index (Phi) is 2.99. The molecule has 0 amide bonds. The maximum Gasteiger partial charge on any atom is 0.249 e. The fourth-order valence-corrected chi connectivity index (χ4v) is 1.46. The van der Waals surface area contributed by atoms with E-state index in [1.165, 1.54) is 0 Å². The minimum Gasteiger partial charge on any atom is -0.313 e. The molecule has 4 heteroatoms. The standard InChI is InChI=1S/C8H12F2N2/c9-8(10)3-2-7(6-8)12-5-1-4-11/h7,12H,1-3,5-6H2. The molecule has 12 heavy (non-hydrogen) atoms. The Morgan fingerprint density at radius 1 is 1.58 bits per heavy atom. The van der Waals surface area contributed by atoms with Crippen LogP contribution < -0.4 is 5.32 Å². The first-order valence-corrected chi connectivity index (χ1v) is 4.12. The third kappa shape index (κ3) is 2.74. The number of alkyl halides is 2. The van der Waals surface area contributed by atoms with E-state index in [2.05, 4.69) is 5.32 Å². The summed E-state index contributed by atoms with van der Waals surface area (Å²) >= 11 is 0. The number of rotatable bonds is 3. The van der Waals surface area contributed by atoms with Crippen LogP contribution in [-0.4, -0.2) is 18.5 Å². The molecular weight excluding hydrogens is 162 g/mol. The van der Waals surface area contributed by atoms with Crippen molar-refractivity contribution in [3.05, 3.63) is 0 Å². The van der Waals surface area contributed by atoms with Gasteiger partial charge in [-0.3, -0.25) is 0 Å². The second kappa shape index (κ2) is 3.81. The fraction of sp³-hybridized carbons (Fsp3) is 0.875. The molecule has 0 heterocycles. The van der Waals surface area contributed by atoms with Crippen molar-refractivity contribution in [2.75, 3.05) is 6.54 Å². The van der Waals surface area contributed by atoms with E-state index in [0.29, 0.717) is 19.4 Å². The number of nitrogens with zero attached hydrogens (tertiary/aromatic N) is 1. The number of nitriles is 1. The zero-order valence-corrected chi connectivity index (χ0v) is 6.82. The second-order valence-corrected chi connectivity index (χ2v) is 3.16. The van der Waals surface area contributed by atoms with Crippen LogP contribution in [0.3, 0.4) is 0 Å². The van der Waals surface area contributed by atoms with Gasteiger partial charge in [-0.25, -0.2) is 8.78 Å². The van der Waals surface area contributed by atoms with E-state index in [9.17, 15) is 8.78 Å². The molecule has 1 unspecified atom stereocenters. The molecule has 1 atom stereocenters. The van der Waals surface area contributed by atoms with Crippen LogP contribution in [0.25, 0.3) is 0 Å². The predicted octanol–water partition coefficient (Wildman–Crippen LogP) is 1.68. The Labute approximate surface area is 70.6 Å². The molecule has 0 aromatic rings. The summed E-state index contributed by atoms with van der Waals surface area (Å²) in [6.45, 7) is 0.525. The molecule has 1 fully saturated rings. The Morgan fingerprint density at radius 2 is 2.33 bits per heavy atom. The van der Waals surface area contributed by atoms with E-state index in [4.69, 9.17) is 5.26 Å². The van der Waals surface area contributed by atoms with Gasteiger partial charge in [0.2, 0.25) is 5.92 Å². The average Bonchev–Trinajstić information content (AvgIpc) is 2.31. The van der Waals surface area contributed by atoms with Gasteiger partial charge in [0, 0.05) is 31.8 Å². The summed E-state index contributed by atoms with van der Waals surface area (Å²) in [7, 11) is 0. The molecule has 1 saturated carbocycles. The van der Waals surface area contributed by atoms with E-state index in [-0.39, 0.29) is 18.9 Å². The monoisotopic (exact) mass is 174 g/mol. The molecule has 0 spiro atoms. The van der Waals surface area contributed by atoms with Gasteiger partial charge in [-0.1, -0.05) is 0 Å². The van der Waals surface area contributed by atoms with Crippen molar-refractivity contribution in [2.24, 2.45) is 0 Å². The first-order valence-electron chi connectivity index (χ1n) is 4.12. The van der Waals surface area contributed by atoms with Gasteiger partial charge < -0.3 is 5.32 Å². The third-order valence-electron chi connectivity index (χ3n) is 2.07. The Morgan fingerprint density at radius 3 is 2.83 bits per heavy atom. The lowest BCUT2D eigenvalue weighted by Crippen LogP contribution is -2.28. The topological polar surface area (TPSA) is 35.8 Å². The molecule has 0 aromatic heterocycles. The molecule has 1 N–H and O–H groups in total. The minimum atomic E-state index is -2.48. The van der Waals surface area contributed by atoms with Crippen molar-refractivity contribution in [1.82, 2.24) is 5.32 Å². The van der Waals surface area contributed by atoms with E-state index in [1.807, 2.05) is 6.07 Å². The van der Waals surface area contributed by atoms with Crippen molar-refractivity contribution in [2.45, 2.75) is 37.6 Å². The van der Waals surface area contributed by atoms with Crippen LogP contribution >= 0.6 is 0 Å². The normalized spacial score (nSPS) is 26.9. The van der Waals surface area contributed by atoms with Gasteiger partial charge in [-0.05, 0) is 6.42 Å². The van der Waals surface area contributed by atoms with Crippen molar-refractivity contribution >= 4 is 0 Å². The van der Waals surface area contributed by atoms with Gasteiger partial charge in [0.25, 0.3) is 0 Å². The lowest BCUT2D eigenvalue weighted by molar-refractivity contribution is 0.00697. The molecule has 0 aromatic carbocycles. The molecule has 0 bridgehead atoms. The summed E-state index contributed by atoms with van der Waals surface area (Å²) in [4.78, 5) is 0. The van der Waals surface area contributed by atoms with Crippen molar-refractivity contribution in [3.63, 3.8) is 0 Å². The summed E-state index contributed by atoms with van der Waals surface area (Å²) < 4.78 is 25.2. The van der Waals surface area contributed by atoms with E-state index in [0.717, 1.165) is 0 Å². The molecule has 0 radical (unpaired) electrons. The van der Waals surface area contributed by atoms with Crippen LogP contribution in [0.15, 0.2) is 0 Å². The van der Waals surface area contributed by atoms with Crippen molar-refractivity contribution in [1.29, 1.82) is 5.26 Å². The highest BCUT2D eigenvalue weighted by atomic mass is 19.3. The molecule has 1 aliphatic rings. The van der Waals surface area contributed by atoms with Crippen LogP contribution in [0.5, 0.6) is 0 Å². The summed E-state index contributed by atoms with van der Waals surface area (Å²) in [6.07, 6.45) is 0.830. The van der Waals surface area contributed by atoms with Crippen LogP contribution in [0.4, 0.5) is 8.78 Å². The second-order valence-electron chi connectivity index (χ2n) is 3.16. The highest BCUT2D eigenvalue weighted by Crippen LogP contribution is 2.34. The number of nitrogens with one attached hydrogen (secondary N) is 1. The number of hydrogen-bond donors (Lipinski definition) is 1. The SMILES string of the molecule is N#CCCNC1CCC(F)(F)C1. The van der Waals surface area contributed by atoms with Crippen LogP contribution in [-0.2, 0) is 0 Å². The summed E-state index contributed by atoms with van der Waals surface area (Å²) in [6, 6.07) is 1.87. The highest BCUT2D eigenvalue weighted by molar-refractivity contribution is 4.86. The van der Waals surface area contributed by atoms with Gasteiger partial charge >= 0.3 is 0 Å².